The van der Waals surface area contributed by atoms with E-state index in [2.05, 4.69) is 10.0 Å². The summed E-state index contributed by atoms with van der Waals surface area (Å²) in [6.07, 6.45) is 1.32. The molecule has 1 aliphatic carbocycles. The Balaban J connectivity index is 2.19. The monoisotopic (exact) mass is 338 g/mol. The highest BCUT2D eigenvalue weighted by Crippen LogP contribution is 2.22. The van der Waals surface area contributed by atoms with Gasteiger partial charge in [0.15, 0.2) is 6.17 Å². The summed E-state index contributed by atoms with van der Waals surface area (Å²) < 4.78 is 51.4. The lowest BCUT2D eigenvalue weighted by atomic mass is 10.0. The van der Waals surface area contributed by atoms with Crippen LogP contribution in [0.1, 0.15) is 46.0 Å². The van der Waals surface area contributed by atoms with E-state index >= 15 is 0 Å². The fraction of sp³-hybridized carbons (Fsp3) is 0.786. The molecule has 0 saturated heterocycles. The highest BCUT2D eigenvalue weighted by atomic mass is 32.2. The fourth-order valence-electron chi connectivity index (χ4n) is 2.03. The zero-order valence-electron chi connectivity index (χ0n) is 12.9. The molecule has 1 aliphatic rings. The molecule has 8 heteroatoms. The van der Waals surface area contributed by atoms with Gasteiger partial charge in [-0.05, 0) is 45.6 Å². The molecule has 0 aliphatic heterocycles. The molecule has 1 amide bonds. The molecule has 0 heterocycles. The van der Waals surface area contributed by atoms with Gasteiger partial charge >= 0.3 is 0 Å². The summed E-state index contributed by atoms with van der Waals surface area (Å²) in [4.78, 5) is 11.7. The van der Waals surface area contributed by atoms with E-state index in [1.165, 1.54) is 0 Å². The Bertz CT molecular complexity index is 506. The largest absolute Gasteiger partial charge is 0.350 e. The van der Waals surface area contributed by atoms with Gasteiger partial charge in [-0.25, -0.2) is 21.9 Å². The van der Waals surface area contributed by atoms with E-state index in [0.717, 1.165) is 6.08 Å². The van der Waals surface area contributed by atoms with Crippen molar-refractivity contribution in [1.82, 2.24) is 10.0 Å². The normalized spacial score (nSPS) is 22.5. The molecule has 0 fully saturated rings. The summed E-state index contributed by atoms with van der Waals surface area (Å²) in [6, 6.07) is -0.459. The van der Waals surface area contributed by atoms with Crippen LogP contribution in [0.5, 0.6) is 0 Å². The number of hydrogen-bond acceptors (Lipinski definition) is 3. The van der Waals surface area contributed by atoms with E-state index in [-0.39, 0.29) is 25.3 Å². The van der Waals surface area contributed by atoms with Gasteiger partial charge in [0.1, 0.15) is 5.83 Å². The number of allylic oxidation sites excluding steroid dienone is 1. The molecule has 1 rings (SSSR count). The van der Waals surface area contributed by atoms with Gasteiger partial charge in [-0.2, -0.15) is 0 Å². The fourth-order valence-corrected chi connectivity index (χ4v) is 2.79. The Hall–Kier alpha value is -1.02. The van der Waals surface area contributed by atoms with Gasteiger partial charge < -0.3 is 5.32 Å². The lowest BCUT2D eigenvalue weighted by molar-refractivity contribution is -0.121. The minimum Gasteiger partial charge on any atom is -0.350 e. The van der Waals surface area contributed by atoms with E-state index in [9.17, 15) is 22.0 Å². The van der Waals surface area contributed by atoms with Gasteiger partial charge in [-0.3, -0.25) is 4.79 Å². The van der Waals surface area contributed by atoms with Crippen LogP contribution in [-0.2, 0) is 14.8 Å². The Kier molecular flexibility index (Phi) is 7.41. The molecule has 0 aromatic rings. The number of hydrogen-bond donors (Lipinski definition) is 2. The number of halogens is 2. The van der Waals surface area contributed by atoms with Crippen LogP contribution in [0.25, 0.3) is 0 Å². The van der Waals surface area contributed by atoms with Crippen LogP contribution >= 0.6 is 0 Å². The number of sulfonamides is 1. The molecule has 22 heavy (non-hydrogen) atoms. The number of alkyl halides is 1. The van der Waals surface area contributed by atoms with Crippen molar-refractivity contribution in [3.05, 3.63) is 11.9 Å². The van der Waals surface area contributed by atoms with E-state index in [4.69, 9.17) is 0 Å². The maximum Gasteiger partial charge on any atom is 0.220 e. The average Bonchev–Trinajstić information content (AvgIpc) is 2.42. The summed E-state index contributed by atoms with van der Waals surface area (Å²) in [7, 11) is -3.27. The molecule has 128 valence electrons. The molecule has 2 atom stereocenters. The average molecular weight is 338 g/mol. The SMILES string of the molecule is CC(C)S(=O)(=O)NCCCCC(=O)N[C@H]1C=C(F)C(F)CC1. The van der Waals surface area contributed by atoms with E-state index in [1.807, 2.05) is 0 Å². The number of nitrogens with one attached hydrogen (secondary N) is 2. The van der Waals surface area contributed by atoms with Crippen LogP contribution in [0.3, 0.4) is 0 Å². The first-order chi connectivity index (χ1) is 10.2. The van der Waals surface area contributed by atoms with Gasteiger partial charge in [-0.15, -0.1) is 0 Å². The number of amides is 1. The summed E-state index contributed by atoms with van der Waals surface area (Å²) in [6.45, 7) is 3.47. The predicted molar refractivity (Wildman–Crippen MR) is 81.2 cm³/mol. The van der Waals surface area contributed by atoms with Crippen molar-refractivity contribution in [2.75, 3.05) is 6.54 Å². The molecular weight excluding hydrogens is 314 g/mol. The quantitative estimate of drug-likeness (QED) is 0.664. The smallest absolute Gasteiger partial charge is 0.220 e. The summed E-state index contributed by atoms with van der Waals surface area (Å²) in [5, 5.41) is 2.15. The van der Waals surface area contributed by atoms with Crippen molar-refractivity contribution in [2.24, 2.45) is 0 Å². The Labute approximate surface area is 130 Å². The standard InChI is InChI=1S/C14H24F2N2O3S/c1-10(2)22(20,21)17-8-4-3-5-14(19)18-11-6-7-12(15)13(16)9-11/h9-12,17H,3-8H2,1-2H3,(H,18,19)/t11-,12?/m1/s1. The zero-order valence-corrected chi connectivity index (χ0v) is 13.8. The molecule has 0 aromatic carbocycles. The highest BCUT2D eigenvalue weighted by molar-refractivity contribution is 7.90. The van der Waals surface area contributed by atoms with Crippen molar-refractivity contribution in [1.29, 1.82) is 0 Å². The van der Waals surface area contributed by atoms with Crippen molar-refractivity contribution >= 4 is 15.9 Å². The number of rotatable bonds is 8. The van der Waals surface area contributed by atoms with Crippen LogP contribution in [0.4, 0.5) is 8.78 Å². The van der Waals surface area contributed by atoms with Gasteiger partial charge in [0.05, 0.1) is 11.3 Å². The Morgan fingerprint density at radius 3 is 2.64 bits per heavy atom. The molecule has 0 saturated carbocycles. The maximum atomic E-state index is 13.1. The lowest BCUT2D eigenvalue weighted by Gasteiger charge is -2.21. The van der Waals surface area contributed by atoms with Crippen LogP contribution in [-0.4, -0.2) is 38.3 Å². The Morgan fingerprint density at radius 1 is 1.36 bits per heavy atom. The number of unbranched alkanes of at least 4 members (excludes halogenated alkanes) is 1. The summed E-state index contributed by atoms with van der Waals surface area (Å²) in [5.74, 6) is -1.06. The number of carbonyl (C=O) groups is 1. The zero-order chi connectivity index (χ0) is 16.8. The second kappa shape index (κ2) is 8.57. The van der Waals surface area contributed by atoms with Gasteiger partial charge in [-0.1, -0.05) is 0 Å². The van der Waals surface area contributed by atoms with Crippen LogP contribution in [0, 0.1) is 0 Å². The molecule has 0 aromatic heterocycles. The minimum atomic E-state index is -3.27. The van der Waals surface area contributed by atoms with E-state index in [1.54, 1.807) is 13.8 Å². The third-order valence-corrected chi connectivity index (χ3v) is 5.34. The van der Waals surface area contributed by atoms with Crippen LogP contribution < -0.4 is 10.0 Å². The van der Waals surface area contributed by atoms with Crippen molar-refractivity contribution in [2.45, 2.75) is 63.4 Å². The van der Waals surface area contributed by atoms with Gasteiger partial charge in [0.2, 0.25) is 15.9 Å². The third kappa shape index (κ3) is 6.39. The molecule has 1 unspecified atom stereocenters. The minimum absolute atomic E-state index is 0.0737. The molecule has 0 spiro atoms. The molecule has 5 nitrogen and oxygen atoms in total. The first-order valence-corrected chi connectivity index (χ1v) is 9.06. The van der Waals surface area contributed by atoms with Gasteiger partial charge in [0, 0.05) is 13.0 Å². The van der Waals surface area contributed by atoms with Crippen molar-refractivity contribution in [3.63, 3.8) is 0 Å². The molecular formula is C14H24F2N2O3S. The van der Waals surface area contributed by atoms with Crippen molar-refractivity contribution < 1.29 is 22.0 Å². The second-order valence-electron chi connectivity index (χ2n) is 5.72. The summed E-state index contributed by atoms with van der Waals surface area (Å²) >= 11 is 0. The predicted octanol–water partition coefficient (Wildman–Crippen LogP) is 1.95. The molecule has 2 N–H and O–H groups in total. The second-order valence-corrected chi connectivity index (χ2v) is 8.04. The third-order valence-electron chi connectivity index (χ3n) is 3.49. The molecule has 0 radical (unpaired) electrons. The number of carbonyl (C=O) groups excluding carboxylic acids is 1. The van der Waals surface area contributed by atoms with E-state index in [0.29, 0.717) is 19.3 Å². The van der Waals surface area contributed by atoms with E-state index < -0.39 is 33.3 Å². The topological polar surface area (TPSA) is 75.3 Å². The van der Waals surface area contributed by atoms with Gasteiger partial charge in [0.25, 0.3) is 0 Å². The first-order valence-electron chi connectivity index (χ1n) is 7.51. The van der Waals surface area contributed by atoms with Crippen molar-refractivity contribution in [3.8, 4) is 0 Å². The Morgan fingerprint density at radius 2 is 2.05 bits per heavy atom. The summed E-state index contributed by atoms with van der Waals surface area (Å²) in [5.41, 5.74) is 0. The molecule has 0 bridgehead atoms. The van der Waals surface area contributed by atoms with Crippen LogP contribution in [0.15, 0.2) is 11.9 Å². The van der Waals surface area contributed by atoms with Crippen LogP contribution in [0.2, 0.25) is 0 Å². The first kappa shape index (κ1) is 19.0. The highest BCUT2D eigenvalue weighted by Gasteiger charge is 2.23. The maximum absolute atomic E-state index is 13.1. The lowest BCUT2D eigenvalue weighted by Crippen LogP contribution is -2.36.